The molecule has 0 fully saturated rings. The van der Waals surface area contributed by atoms with E-state index in [0.29, 0.717) is 19.4 Å². The molecule has 0 aliphatic carbocycles. The first kappa shape index (κ1) is 62.6. The second-order valence-electron chi connectivity index (χ2n) is 18.9. The van der Waals surface area contributed by atoms with Crippen molar-refractivity contribution in [2.45, 2.75) is 289 Å². The number of carbonyl (C=O) groups is 2. The molecule has 378 valence electrons. The van der Waals surface area contributed by atoms with Crippen LogP contribution in [0.5, 0.6) is 0 Å². The lowest BCUT2D eigenvalue weighted by molar-refractivity contribution is -0.143. The van der Waals surface area contributed by atoms with Crippen molar-refractivity contribution in [3.63, 3.8) is 0 Å². The van der Waals surface area contributed by atoms with Crippen LogP contribution in [0.25, 0.3) is 0 Å². The number of unbranched alkanes of at least 4 members (excludes halogenated alkanes) is 33. The van der Waals surface area contributed by atoms with Crippen molar-refractivity contribution < 1.29 is 24.5 Å². The standard InChI is InChI=1S/C59H107NO5/c1-3-5-7-9-11-13-15-17-24-29-33-37-41-45-49-53-59(64)65-54-50-46-42-38-34-30-26-23-21-19-20-22-25-28-32-36-40-44-48-52-58(63)60-56(55-61)57(62)51-47-43-39-35-31-27-18-16-14-12-10-8-6-4-2/h11,13,17,23-24,26,30,34,47,51,56-57,61-62H,3-10,12,14-16,18-22,25,27-29,31-33,35-46,48-50,52-55H2,1-2H3,(H,60,63)/b13-11-,24-17-,26-23-,34-30-,51-47+. The molecule has 1 amide bonds. The Bertz CT molecular complexity index is 1140. The molecular weight excluding hydrogens is 803 g/mol. The number of aliphatic hydroxyl groups excluding tert-OH is 2. The minimum Gasteiger partial charge on any atom is -0.466 e. The molecule has 0 spiro atoms. The molecule has 65 heavy (non-hydrogen) atoms. The molecule has 0 radical (unpaired) electrons. The molecule has 0 aromatic heterocycles. The largest absolute Gasteiger partial charge is 0.466 e. The van der Waals surface area contributed by atoms with Crippen LogP contribution in [0.1, 0.15) is 277 Å². The maximum absolute atomic E-state index is 12.4. The summed E-state index contributed by atoms with van der Waals surface area (Å²) in [7, 11) is 0. The minimum absolute atomic E-state index is 0.0291. The molecule has 0 heterocycles. The minimum atomic E-state index is -0.852. The molecule has 0 aliphatic heterocycles. The molecule has 0 saturated carbocycles. The van der Waals surface area contributed by atoms with Gasteiger partial charge in [0.05, 0.1) is 25.4 Å². The van der Waals surface area contributed by atoms with Gasteiger partial charge in [-0.25, -0.2) is 0 Å². The average Bonchev–Trinajstić information content (AvgIpc) is 3.31. The predicted octanol–water partition coefficient (Wildman–Crippen LogP) is 17.2. The fourth-order valence-electron chi connectivity index (χ4n) is 8.18. The van der Waals surface area contributed by atoms with E-state index >= 15 is 0 Å². The Kier molecular flexibility index (Phi) is 52.1. The van der Waals surface area contributed by atoms with Crippen molar-refractivity contribution in [3.8, 4) is 0 Å². The molecule has 0 rings (SSSR count). The molecule has 0 aromatic carbocycles. The van der Waals surface area contributed by atoms with Crippen molar-refractivity contribution in [2.24, 2.45) is 0 Å². The third kappa shape index (κ3) is 50.8. The number of esters is 1. The summed E-state index contributed by atoms with van der Waals surface area (Å²) >= 11 is 0. The topological polar surface area (TPSA) is 95.9 Å². The van der Waals surface area contributed by atoms with Crippen LogP contribution in [0.15, 0.2) is 60.8 Å². The molecular formula is C59H107NO5. The number of aliphatic hydroxyl groups is 2. The van der Waals surface area contributed by atoms with Crippen LogP contribution < -0.4 is 5.32 Å². The van der Waals surface area contributed by atoms with E-state index in [1.54, 1.807) is 6.08 Å². The van der Waals surface area contributed by atoms with E-state index in [1.807, 2.05) is 6.08 Å². The summed E-state index contributed by atoms with van der Waals surface area (Å²) in [4.78, 5) is 24.5. The lowest BCUT2D eigenvalue weighted by Gasteiger charge is -2.20. The second kappa shape index (κ2) is 54.2. The van der Waals surface area contributed by atoms with Gasteiger partial charge in [-0.2, -0.15) is 0 Å². The Morgan fingerprint density at radius 3 is 1.29 bits per heavy atom. The third-order valence-corrected chi connectivity index (χ3v) is 12.5. The Labute approximate surface area is 403 Å². The number of allylic oxidation sites excluding steroid dienone is 9. The van der Waals surface area contributed by atoms with Crippen LogP contribution in [0.3, 0.4) is 0 Å². The van der Waals surface area contributed by atoms with E-state index in [0.717, 1.165) is 89.9 Å². The Morgan fingerprint density at radius 1 is 0.446 bits per heavy atom. The Morgan fingerprint density at radius 2 is 0.815 bits per heavy atom. The third-order valence-electron chi connectivity index (χ3n) is 12.5. The van der Waals surface area contributed by atoms with Gasteiger partial charge in [-0.05, 0) is 96.3 Å². The number of carbonyl (C=O) groups excluding carboxylic acids is 2. The SMILES string of the molecule is CCCCC/C=C\C/C=C\CCCCCCCC(=O)OCCCCC/C=C\C=C/CCCCCCCCCCCCC(=O)NC(CO)C(O)/C=C/CCCCCCCCCCCCCC. The summed E-state index contributed by atoms with van der Waals surface area (Å²) in [6.07, 6.45) is 69.5. The van der Waals surface area contributed by atoms with Gasteiger partial charge in [0.25, 0.3) is 0 Å². The zero-order valence-corrected chi connectivity index (χ0v) is 43.0. The lowest BCUT2D eigenvalue weighted by Crippen LogP contribution is -2.45. The van der Waals surface area contributed by atoms with Gasteiger partial charge >= 0.3 is 5.97 Å². The second-order valence-corrected chi connectivity index (χ2v) is 18.9. The van der Waals surface area contributed by atoms with Crippen molar-refractivity contribution in [2.75, 3.05) is 13.2 Å². The van der Waals surface area contributed by atoms with Gasteiger partial charge in [0.1, 0.15) is 0 Å². The zero-order chi connectivity index (χ0) is 47.2. The summed E-state index contributed by atoms with van der Waals surface area (Å²) in [5.74, 6) is -0.108. The summed E-state index contributed by atoms with van der Waals surface area (Å²) in [6, 6.07) is -0.637. The van der Waals surface area contributed by atoms with Gasteiger partial charge in [-0.15, -0.1) is 0 Å². The average molecular weight is 911 g/mol. The van der Waals surface area contributed by atoms with E-state index in [1.165, 1.54) is 161 Å². The maximum Gasteiger partial charge on any atom is 0.305 e. The van der Waals surface area contributed by atoms with E-state index in [9.17, 15) is 19.8 Å². The number of hydrogen-bond acceptors (Lipinski definition) is 5. The molecule has 6 nitrogen and oxygen atoms in total. The number of nitrogens with one attached hydrogen (secondary N) is 1. The van der Waals surface area contributed by atoms with Crippen LogP contribution in [-0.4, -0.2) is 47.4 Å². The first-order chi connectivity index (χ1) is 32.0. The summed E-state index contributed by atoms with van der Waals surface area (Å²) in [6.45, 7) is 4.82. The van der Waals surface area contributed by atoms with Crippen molar-refractivity contribution >= 4 is 11.9 Å². The van der Waals surface area contributed by atoms with Crippen molar-refractivity contribution in [1.82, 2.24) is 5.32 Å². The highest BCUT2D eigenvalue weighted by Gasteiger charge is 2.18. The number of ether oxygens (including phenoxy) is 1. The maximum atomic E-state index is 12.4. The smallest absolute Gasteiger partial charge is 0.305 e. The molecule has 6 heteroatoms. The molecule has 3 N–H and O–H groups in total. The summed E-state index contributed by atoms with van der Waals surface area (Å²) < 4.78 is 5.44. The van der Waals surface area contributed by atoms with E-state index in [2.05, 4.69) is 67.8 Å². The molecule has 0 aromatic rings. The van der Waals surface area contributed by atoms with Crippen LogP contribution in [0.4, 0.5) is 0 Å². The summed E-state index contributed by atoms with van der Waals surface area (Å²) in [5, 5.41) is 23.1. The molecule has 2 unspecified atom stereocenters. The fraction of sp³-hybridized carbons (Fsp3) is 0.797. The highest BCUT2D eigenvalue weighted by atomic mass is 16.5. The van der Waals surface area contributed by atoms with Crippen molar-refractivity contribution in [1.29, 1.82) is 0 Å². The number of hydrogen-bond donors (Lipinski definition) is 3. The van der Waals surface area contributed by atoms with Gasteiger partial charge in [0.2, 0.25) is 5.91 Å². The fourth-order valence-corrected chi connectivity index (χ4v) is 8.18. The summed E-state index contributed by atoms with van der Waals surface area (Å²) in [5.41, 5.74) is 0. The first-order valence-electron chi connectivity index (χ1n) is 28.1. The van der Waals surface area contributed by atoms with Gasteiger partial charge in [0, 0.05) is 12.8 Å². The first-order valence-corrected chi connectivity index (χ1v) is 28.1. The normalized spacial score (nSPS) is 13.1. The quantitative estimate of drug-likeness (QED) is 0.0245. The van der Waals surface area contributed by atoms with E-state index < -0.39 is 12.1 Å². The van der Waals surface area contributed by atoms with E-state index in [-0.39, 0.29) is 18.5 Å². The zero-order valence-electron chi connectivity index (χ0n) is 43.0. The van der Waals surface area contributed by atoms with E-state index in [4.69, 9.17) is 4.74 Å². The molecule has 0 aliphatic rings. The van der Waals surface area contributed by atoms with Crippen LogP contribution in [0.2, 0.25) is 0 Å². The number of amides is 1. The Hall–Kier alpha value is -2.44. The van der Waals surface area contributed by atoms with Gasteiger partial charge in [0.15, 0.2) is 0 Å². The molecule has 0 saturated heterocycles. The number of rotatable bonds is 51. The van der Waals surface area contributed by atoms with Gasteiger partial charge in [-0.3, -0.25) is 9.59 Å². The molecule has 0 bridgehead atoms. The predicted molar refractivity (Wildman–Crippen MR) is 282 cm³/mol. The van der Waals surface area contributed by atoms with Gasteiger partial charge < -0.3 is 20.3 Å². The van der Waals surface area contributed by atoms with Crippen LogP contribution >= 0.6 is 0 Å². The lowest BCUT2D eigenvalue weighted by atomic mass is 10.0. The van der Waals surface area contributed by atoms with Crippen LogP contribution in [-0.2, 0) is 14.3 Å². The van der Waals surface area contributed by atoms with Gasteiger partial charge in [-0.1, -0.05) is 229 Å². The molecule has 2 atom stereocenters. The van der Waals surface area contributed by atoms with Crippen LogP contribution in [0, 0.1) is 0 Å². The monoisotopic (exact) mass is 910 g/mol. The highest BCUT2D eigenvalue weighted by Crippen LogP contribution is 2.15. The highest BCUT2D eigenvalue weighted by molar-refractivity contribution is 5.76. The van der Waals surface area contributed by atoms with Crippen molar-refractivity contribution in [3.05, 3.63) is 60.8 Å². The Balaban J connectivity index is 3.52.